The molecule has 0 aliphatic rings. The summed E-state index contributed by atoms with van der Waals surface area (Å²) in [7, 11) is 0. The van der Waals surface area contributed by atoms with Gasteiger partial charge in [0.25, 0.3) is 5.56 Å². The third kappa shape index (κ3) is 3.85. The highest BCUT2D eigenvalue weighted by atomic mass is 79.9. The third-order valence-electron chi connectivity index (χ3n) is 3.52. The molecule has 0 aliphatic heterocycles. The summed E-state index contributed by atoms with van der Waals surface area (Å²) in [5, 5.41) is 4.82. The number of hydrogen-bond acceptors (Lipinski definition) is 4. The number of nitrogens with zero attached hydrogens (tertiary/aromatic N) is 3. The van der Waals surface area contributed by atoms with Crippen LogP contribution >= 0.6 is 15.9 Å². The molecule has 3 rings (SSSR count). The number of aryl methyl sites for hydroxylation is 1. The molecule has 1 aromatic heterocycles. The Bertz CT molecular complexity index is 1020. The van der Waals surface area contributed by atoms with Crippen molar-refractivity contribution in [1.82, 2.24) is 9.66 Å². The molecule has 0 radical (unpaired) electrons. The van der Waals surface area contributed by atoms with Gasteiger partial charge in [-0.15, -0.1) is 0 Å². The lowest BCUT2D eigenvalue weighted by atomic mass is 10.2. The van der Waals surface area contributed by atoms with Gasteiger partial charge in [0.1, 0.15) is 18.2 Å². The smallest absolute Gasteiger partial charge is 0.282 e. The van der Waals surface area contributed by atoms with Gasteiger partial charge in [0.05, 0.1) is 17.1 Å². The van der Waals surface area contributed by atoms with Crippen LogP contribution in [0.5, 0.6) is 5.75 Å². The second-order valence-corrected chi connectivity index (χ2v) is 6.27. The van der Waals surface area contributed by atoms with Gasteiger partial charge in [0.2, 0.25) is 0 Å². The molecule has 3 aromatic rings. The van der Waals surface area contributed by atoms with Crippen LogP contribution in [0.15, 0.2) is 69.5 Å². The molecule has 0 N–H and O–H groups in total. The van der Waals surface area contributed by atoms with E-state index in [0.717, 1.165) is 10.0 Å². The topological polar surface area (TPSA) is 56.5 Å². The molecule has 0 fully saturated rings. The molecular weight excluding hydrogens is 382 g/mol. The highest BCUT2D eigenvalue weighted by Gasteiger charge is 2.07. The maximum Gasteiger partial charge on any atom is 0.282 e. The first-order valence-electron chi connectivity index (χ1n) is 7.65. The summed E-state index contributed by atoms with van der Waals surface area (Å²) in [6.07, 6.45) is 3.29. The van der Waals surface area contributed by atoms with Crippen LogP contribution in [0.25, 0.3) is 10.9 Å². The summed E-state index contributed by atoms with van der Waals surface area (Å²) >= 11 is 3.38. The van der Waals surface area contributed by atoms with Crippen molar-refractivity contribution in [2.75, 3.05) is 6.61 Å². The largest absolute Gasteiger partial charge is 0.490 e. The maximum atomic E-state index is 12.7. The van der Waals surface area contributed by atoms with E-state index in [1.54, 1.807) is 25.3 Å². The number of halogens is 1. The van der Waals surface area contributed by atoms with Gasteiger partial charge < -0.3 is 4.74 Å². The van der Waals surface area contributed by atoms with Crippen LogP contribution in [0.1, 0.15) is 11.4 Å². The zero-order valence-corrected chi connectivity index (χ0v) is 15.2. The van der Waals surface area contributed by atoms with Crippen LogP contribution < -0.4 is 10.3 Å². The van der Waals surface area contributed by atoms with E-state index in [1.165, 1.54) is 4.68 Å². The van der Waals surface area contributed by atoms with Gasteiger partial charge in [-0.25, -0.2) is 4.98 Å². The van der Waals surface area contributed by atoms with Crippen molar-refractivity contribution in [3.8, 4) is 5.75 Å². The van der Waals surface area contributed by atoms with Crippen molar-refractivity contribution in [2.24, 2.45) is 5.10 Å². The Morgan fingerprint density at radius 1 is 1.32 bits per heavy atom. The minimum Gasteiger partial charge on any atom is -0.490 e. The molecule has 0 aliphatic carbocycles. The lowest BCUT2D eigenvalue weighted by Crippen LogP contribution is -2.20. The lowest BCUT2D eigenvalue weighted by molar-refractivity contribution is 0.363. The van der Waals surface area contributed by atoms with Crippen LogP contribution in [-0.2, 0) is 0 Å². The average Bonchev–Trinajstić information content (AvgIpc) is 2.61. The van der Waals surface area contributed by atoms with E-state index >= 15 is 0 Å². The van der Waals surface area contributed by atoms with Gasteiger partial charge in [0.15, 0.2) is 0 Å². The molecule has 0 saturated carbocycles. The fraction of sp³-hybridized carbons (Fsp3) is 0.105. The standard InChI is InChI=1S/C19H16BrN3O2/c1-3-9-25-16-6-4-5-14(10-16)12-21-23-13(2)22-18-8-7-15(20)11-17(18)19(23)24/h3-8,10-12H,1,9H2,2H3. The molecule has 0 spiro atoms. The van der Waals surface area contributed by atoms with Crippen molar-refractivity contribution in [1.29, 1.82) is 0 Å². The third-order valence-corrected chi connectivity index (χ3v) is 4.01. The lowest BCUT2D eigenvalue weighted by Gasteiger charge is -2.06. The van der Waals surface area contributed by atoms with Gasteiger partial charge in [0, 0.05) is 4.47 Å². The van der Waals surface area contributed by atoms with Crippen LogP contribution in [0.4, 0.5) is 0 Å². The molecule has 25 heavy (non-hydrogen) atoms. The number of aromatic nitrogens is 2. The van der Waals surface area contributed by atoms with E-state index in [0.29, 0.717) is 29.1 Å². The van der Waals surface area contributed by atoms with Gasteiger partial charge in [-0.05, 0) is 42.8 Å². The zero-order chi connectivity index (χ0) is 17.8. The van der Waals surface area contributed by atoms with E-state index in [1.807, 2.05) is 36.4 Å². The predicted octanol–water partition coefficient (Wildman–Crippen LogP) is 3.91. The number of benzene rings is 2. The quantitative estimate of drug-likeness (QED) is 0.484. The Labute approximate surface area is 153 Å². The van der Waals surface area contributed by atoms with Crippen LogP contribution in [0.3, 0.4) is 0 Å². The zero-order valence-electron chi connectivity index (χ0n) is 13.6. The molecular formula is C19H16BrN3O2. The molecule has 5 nitrogen and oxygen atoms in total. The molecule has 126 valence electrons. The molecule has 0 saturated heterocycles. The highest BCUT2D eigenvalue weighted by Crippen LogP contribution is 2.16. The Balaban J connectivity index is 1.99. The Morgan fingerprint density at radius 3 is 2.96 bits per heavy atom. The van der Waals surface area contributed by atoms with Crippen molar-refractivity contribution in [2.45, 2.75) is 6.92 Å². The van der Waals surface area contributed by atoms with Crippen molar-refractivity contribution < 1.29 is 4.74 Å². The second kappa shape index (κ2) is 7.44. The molecule has 0 amide bonds. The number of fused-ring (bicyclic) bond motifs is 1. The predicted molar refractivity (Wildman–Crippen MR) is 104 cm³/mol. The summed E-state index contributed by atoms with van der Waals surface area (Å²) in [6.45, 7) is 5.81. The minimum atomic E-state index is -0.209. The van der Waals surface area contributed by atoms with E-state index in [2.05, 4.69) is 32.6 Å². The normalized spacial score (nSPS) is 11.1. The van der Waals surface area contributed by atoms with E-state index < -0.39 is 0 Å². The van der Waals surface area contributed by atoms with E-state index in [4.69, 9.17) is 4.74 Å². The Hall–Kier alpha value is -2.73. The Kier molecular flexibility index (Phi) is 5.09. The average molecular weight is 398 g/mol. The van der Waals surface area contributed by atoms with Crippen LogP contribution in [0, 0.1) is 6.92 Å². The maximum absolute atomic E-state index is 12.7. The monoisotopic (exact) mass is 397 g/mol. The Morgan fingerprint density at radius 2 is 2.16 bits per heavy atom. The van der Waals surface area contributed by atoms with Crippen molar-refractivity contribution in [3.05, 3.63) is 81.3 Å². The van der Waals surface area contributed by atoms with Gasteiger partial charge in [-0.1, -0.05) is 40.7 Å². The molecule has 2 aromatic carbocycles. The van der Waals surface area contributed by atoms with Gasteiger partial charge >= 0.3 is 0 Å². The van der Waals surface area contributed by atoms with E-state index in [9.17, 15) is 4.79 Å². The summed E-state index contributed by atoms with van der Waals surface area (Å²) in [4.78, 5) is 17.1. The fourth-order valence-electron chi connectivity index (χ4n) is 2.36. The van der Waals surface area contributed by atoms with Gasteiger partial charge in [-0.3, -0.25) is 4.79 Å². The molecule has 0 unspecified atom stereocenters. The SMILES string of the molecule is C=CCOc1cccc(C=Nn2c(C)nc3ccc(Br)cc3c2=O)c1. The molecule has 6 heteroatoms. The second-order valence-electron chi connectivity index (χ2n) is 5.35. The van der Waals surface area contributed by atoms with E-state index in [-0.39, 0.29) is 5.56 Å². The highest BCUT2D eigenvalue weighted by molar-refractivity contribution is 9.10. The van der Waals surface area contributed by atoms with Crippen LogP contribution in [-0.4, -0.2) is 22.5 Å². The summed E-state index contributed by atoms with van der Waals surface area (Å²) < 4.78 is 7.62. The van der Waals surface area contributed by atoms with Gasteiger partial charge in [-0.2, -0.15) is 9.78 Å². The molecule has 1 heterocycles. The van der Waals surface area contributed by atoms with Crippen LogP contribution in [0.2, 0.25) is 0 Å². The number of ether oxygens (including phenoxy) is 1. The number of hydrogen-bond donors (Lipinski definition) is 0. The summed E-state index contributed by atoms with van der Waals surface area (Å²) in [5.41, 5.74) is 1.26. The first kappa shape index (κ1) is 17.1. The van der Waals surface area contributed by atoms with Crippen molar-refractivity contribution >= 4 is 33.0 Å². The summed E-state index contributed by atoms with van der Waals surface area (Å²) in [6, 6.07) is 12.9. The molecule has 0 bridgehead atoms. The van der Waals surface area contributed by atoms with Crippen molar-refractivity contribution in [3.63, 3.8) is 0 Å². The first-order chi connectivity index (χ1) is 12.1. The first-order valence-corrected chi connectivity index (χ1v) is 8.45. The minimum absolute atomic E-state index is 0.209. The summed E-state index contributed by atoms with van der Waals surface area (Å²) in [5.74, 6) is 1.24. The number of rotatable bonds is 5. The molecule has 0 atom stereocenters. The fourth-order valence-corrected chi connectivity index (χ4v) is 2.72.